The Morgan fingerprint density at radius 3 is 2.43 bits per heavy atom. The fourth-order valence-corrected chi connectivity index (χ4v) is 2.98. The standard InChI is InChI=1S/C18H21NO2/c1-21-17-6-7-18(15(10-17)11-20)13-4-2-12(3-5-13)14-8-16(19)9-14/h2-7,10,14,16,20H,8-9,11,19H2,1H3. The van der Waals surface area contributed by atoms with E-state index in [1.807, 2.05) is 18.2 Å². The van der Waals surface area contributed by atoms with E-state index in [4.69, 9.17) is 10.5 Å². The van der Waals surface area contributed by atoms with Crippen LogP contribution in [0.3, 0.4) is 0 Å². The highest BCUT2D eigenvalue weighted by atomic mass is 16.5. The van der Waals surface area contributed by atoms with Crippen molar-refractivity contribution < 1.29 is 9.84 Å². The molecule has 3 nitrogen and oxygen atoms in total. The highest BCUT2D eigenvalue weighted by Crippen LogP contribution is 2.36. The van der Waals surface area contributed by atoms with Gasteiger partial charge in [0.05, 0.1) is 13.7 Å². The number of hydrogen-bond acceptors (Lipinski definition) is 3. The zero-order valence-electron chi connectivity index (χ0n) is 12.3. The molecule has 0 amide bonds. The summed E-state index contributed by atoms with van der Waals surface area (Å²) in [5.41, 5.74) is 10.3. The van der Waals surface area contributed by atoms with Gasteiger partial charge in [-0.15, -0.1) is 0 Å². The predicted molar refractivity (Wildman–Crippen MR) is 84.3 cm³/mol. The van der Waals surface area contributed by atoms with Crippen LogP contribution in [0.15, 0.2) is 42.5 Å². The molecule has 0 spiro atoms. The average molecular weight is 283 g/mol. The summed E-state index contributed by atoms with van der Waals surface area (Å²) in [5.74, 6) is 1.38. The lowest BCUT2D eigenvalue weighted by Crippen LogP contribution is -2.34. The van der Waals surface area contributed by atoms with E-state index in [0.717, 1.165) is 35.3 Å². The molecule has 3 N–H and O–H groups in total. The maximum Gasteiger partial charge on any atom is 0.119 e. The minimum Gasteiger partial charge on any atom is -0.497 e. The highest BCUT2D eigenvalue weighted by Gasteiger charge is 2.26. The molecule has 0 aliphatic heterocycles. The van der Waals surface area contributed by atoms with Crippen molar-refractivity contribution in [2.45, 2.75) is 31.4 Å². The summed E-state index contributed by atoms with van der Waals surface area (Å²) in [7, 11) is 1.63. The molecular formula is C18H21NO2. The Labute approximate surface area is 125 Å². The number of hydrogen-bond donors (Lipinski definition) is 2. The lowest BCUT2D eigenvalue weighted by Gasteiger charge is -2.32. The van der Waals surface area contributed by atoms with Gasteiger partial charge in [-0.1, -0.05) is 30.3 Å². The van der Waals surface area contributed by atoms with Crippen LogP contribution in [0.5, 0.6) is 5.75 Å². The largest absolute Gasteiger partial charge is 0.497 e. The first-order chi connectivity index (χ1) is 10.2. The summed E-state index contributed by atoms with van der Waals surface area (Å²) < 4.78 is 5.21. The van der Waals surface area contributed by atoms with Gasteiger partial charge in [0.25, 0.3) is 0 Å². The number of aliphatic hydroxyl groups excluding tert-OH is 1. The summed E-state index contributed by atoms with van der Waals surface area (Å²) in [6, 6.07) is 14.8. The van der Waals surface area contributed by atoms with Crippen LogP contribution in [0.1, 0.15) is 29.9 Å². The van der Waals surface area contributed by atoms with Gasteiger partial charge in [0.1, 0.15) is 5.75 Å². The SMILES string of the molecule is COc1ccc(-c2ccc(C3CC(N)C3)cc2)c(CO)c1. The highest BCUT2D eigenvalue weighted by molar-refractivity contribution is 5.68. The average Bonchev–Trinajstić information content (AvgIpc) is 2.51. The first kappa shape index (κ1) is 14.1. The summed E-state index contributed by atoms with van der Waals surface area (Å²) in [5, 5.41) is 9.55. The van der Waals surface area contributed by atoms with E-state index in [-0.39, 0.29) is 6.61 Å². The molecule has 2 aromatic carbocycles. The van der Waals surface area contributed by atoms with Crippen molar-refractivity contribution in [3.63, 3.8) is 0 Å². The third-order valence-corrected chi connectivity index (χ3v) is 4.35. The van der Waals surface area contributed by atoms with Gasteiger partial charge < -0.3 is 15.6 Å². The predicted octanol–water partition coefficient (Wildman–Crippen LogP) is 3.06. The second kappa shape index (κ2) is 5.88. The molecule has 21 heavy (non-hydrogen) atoms. The van der Waals surface area contributed by atoms with Crippen molar-refractivity contribution >= 4 is 0 Å². The molecule has 0 atom stereocenters. The summed E-state index contributed by atoms with van der Waals surface area (Å²) in [4.78, 5) is 0. The molecule has 0 heterocycles. The maximum atomic E-state index is 9.55. The van der Waals surface area contributed by atoms with Crippen molar-refractivity contribution in [1.82, 2.24) is 0 Å². The van der Waals surface area contributed by atoms with Crippen LogP contribution in [-0.2, 0) is 6.61 Å². The monoisotopic (exact) mass is 283 g/mol. The molecule has 0 aromatic heterocycles. The number of methoxy groups -OCH3 is 1. The Hall–Kier alpha value is -1.84. The molecule has 0 unspecified atom stereocenters. The molecule has 1 fully saturated rings. The third kappa shape index (κ3) is 2.80. The molecule has 1 saturated carbocycles. The van der Waals surface area contributed by atoms with Crippen LogP contribution in [0.25, 0.3) is 11.1 Å². The molecule has 1 aliphatic rings. The smallest absolute Gasteiger partial charge is 0.119 e. The van der Waals surface area contributed by atoms with E-state index in [1.165, 1.54) is 5.56 Å². The minimum absolute atomic E-state index is 0.00572. The van der Waals surface area contributed by atoms with Crippen molar-refractivity contribution in [1.29, 1.82) is 0 Å². The molecule has 3 heteroatoms. The second-order valence-electron chi connectivity index (χ2n) is 5.73. The first-order valence-corrected chi connectivity index (χ1v) is 7.35. The van der Waals surface area contributed by atoms with Gasteiger partial charge >= 0.3 is 0 Å². The van der Waals surface area contributed by atoms with Gasteiger partial charge in [0.2, 0.25) is 0 Å². The Morgan fingerprint density at radius 2 is 1.86 bits per heavy atom. The van der Waals surface area contributed by atoms with E-state index in [2.05, 4.69) is 24.3 Å². The molecule has 110 valence electrons. The van der Waals surface area contributed by atoms with E-state index in [1.54, 1.807) is 7.11 Å². The Bertz CT molecular complexity index is 616. The van der Waals surface area contributed by atoms with Gasteiger partial charge in [-0.05, 0) is 53.1 Å². The lowest BCUT2D eigenvalue weighted by atomic mass is 9.76. The minimum atomic E-state index is 0.00572. The topological polar surface area (TPSA) is 55.5 Å². The summed E-state index contributed by atoms with van der Waals surface area (Å²) in [6.07, 6.45) is 2.17. The van der Waals surface area contributed by atoms with Crippen LogP contribution in [0.4, 0.5) is 0 Å². The Morgan fingerprint density at radius 1 is 1.14 bits per heavy atom. The second-order valence-corrected chi connectivity index (χ2v) is 5.73. The summed E-state index contributed by atoms with van der Waals surface area (Å²) >= 11 is 0. The number of ether oxygens (including phenoxy) is 1. The number of rotatable bonds is 4. The molecule has 2 aromatic rings. The van der Waals surface area contributed by atoms with Crippen molar-refractivity contribution in [3.8, 4) is 16.9 Å². The van der Waals surface area contributed by atoms with Crippen LogP contribution in [0.2, 0.25) is 0 Å². The van der Waals surface area contributed by atoms with Crippen molar-refractivity contribution in [2.75, 3.05) is 7.11 Å². The molecule has 0 saturated heterocycles. The van der Waals surface area contributed by atoms with E-state index in [9.17, 15) is 5.11 Å². The van der Waals surface area contributed by atoms with Crippen LogP contribution in [-0.4, -0.2) is 18.3 Å². The molecular weight excluding hydrogens is 262 g/mol. The molecule has 1 aliphatic carbocycles. The molecule has 0 radical (unpaired) electrons. The van der Waals surface area contributed by atoms with Gasteiger partial charge in [-0.3, -0.25) is 0 Å². The fourth-order valence-electron chi connectivity index (χ4n) is 2.98. The number of nitrogens with two attached hydrogens (primary N) is 1. The molecule has 0 bridgehead atoms. The maximum absolute atomic E-state index is 9.55. The Balaban J connectivity index is 1.86. The number of aliphatic hydroxyl groups is 1. The van der Waals surface area contributed by atoms with Gasteiger partial charge in [0.15, 0.2) is 0 Å². The fraction of sp³-hybridized carbons (Fsp3) is 0.333. The molecule has 3 rings (SSSR count). The van der Waals surface area contributed by atoms with Gasteiger partial charge in [-0.25, -0.2) is 0 Å². The van der Waals surface area contributed by atoms with Crippen molar-refractivity contribution in [3.05, 3.63) is 53.6 Å². The van der Waals surface area contributed by atoms with E-state index >= 15 is 0 Å². The summed E-state index contributed by atoms with van der Waals surface area (Å²) in [6.45, 7) is 0.00572. The van der Waals surface area contributed by atoms with E-state index in [0.29, 0.717) is 12.0 Å². The normalized spacial score (nSPS) is 20.9. The quantitative estimate of drug-likeness (QED) is 0.906. The van der Waals surface area contributed by atoms with Crippen LogP contribution in [0, 0.1) is 0 Å². The van der Waals surface area contributed by atoms with Gasteiger partial charge in [0, 0.05) is 6.04 Å². The van der Waals surface area contributed by atoms with Crippen LogP contribution >= 0.6 is 0 Å². The van der Waals surface area contributed by atoms with Crippen molar-refractivity contribution in [2.24, 2.45) is 5.73 Å². The van der Waals surface area contributed by atoms with Gasteiger partial charge in [-0.2, -0.15) is 0 Å². The number of benzene rings is 2. The third-order valence-electron chi connectivity index (χ3n) is 4.35. The lowest BCUT2D eigenvalue weighted by molar-refractivity contribution is 0.281. The zero-order valence-corrected chi connectivity index (χ0v) is 12.3. The van der Waals surface area contributed by atoms with Crippen LogP contribution < -0.4 is 10.5 Å². The Kier molecular flexibility index (Phi) is 3.95. The zero-order chi connectivity index (χ0) is 14.8. The first-order valence-electron chi connectivity index (χ1n) is 7.35. The van der Waals surface area contributed by atoms with E-state index < -0.39 is 0 Å².